The number of rotatable bonds is 2. The van der Waals surface area contributed by atoms with Gasteiger partial charge in [0.15, 0.2) is 5.79 Å². The highest BCUT2D eigenvalue weighted by atomic mass is 16.7. The third-order valence-corrected chi connectivity index (χ3v) is 10.1. The minimum absolute atomic E-state index is 0.109. The second kappa shape index (κ2) is 13.0. The van der Waals surface area contributed by atoms with Crippen molar-refractivity contribution in [1.29, 1.82) is 0 Å². The van der Waals surface area contributed by atoms with E-state index >= 15 is 0 Å². The fourth-order valence-corrected chi connectivity index (χ4v) is 7.85. The Hall–Kier alpha value is -2.07. The molecule has 11 atom stereocenters. The molecule has 2 bridgehead atoms. The van der Waals surface area contributed by atoms with E-state index in [0.717, 1.165) is 12.0 Å². The van der Waals surface area contributed by atoms with Crippen LogP contribution < -0.4 is 0 Å². The van der Waals surface area contributed by atoms with Crippen molar-refractivity contribution in [2.45, 2.75) is 129 Å². The average molecular weight is 613 g/mol. The smallest absolute Gasteiger partial charge is 0.316 e. The van der Waals surface area contributed by atoms with E-state index in [1.165, 1.54) is 5.57 Å². The highest BCUT2D eigenvalue weighted by Gasteiger charge is 2.60. The monoisotopic (exact) mass is 612 g/mol. The van der Waals surface area contributed by atoms with Crippen LogP contribution in [-0.2, 0) is 23.7 Å². The van der Waals surface area contributed by atoms with Gasteiger partial charge in [-0.25, -0.2) is 0 Å². The molecule has 4 heterocycles. The Morgan fingerprint density at radius 3 is 2.59 bits per heavy atom. The molecule has 3 N–H and O–H groups in total. The number of aliphatic hydroxyl groups is 3. The van der Waals surface area contributed by atoms with Crippen LogP contribution in [0.3, 0.4) is 0 Å². The molecule has 1 aliphatic carbocycles. The van der Waals surface area contributed by atoms with Crippen LogP contribution in [-0.4, -0.2) is 75.9 Å². The molecule has 0 amide bonds. The minimum atomic E-state index is -1.74. The van der Waals surface area contributed by atoms with Crippen molar-refractivity contribution in [2.75, 3.05) is 6.61 Å². The highest BCUT2D eigenvalue weighted by molar-refractivity contribution is 5.78. The number of ether oxygens (including phenoxy) is 4. The fourth-order valence-electron chi connectivity index (χ4n) is 7.85. The summed E-state index contributed by atoms with van der Waals surface area (Å²) >= 11 is 0. The zero-order chi connectivity index (χ0) is 32.0. The average Bonchev–Trinajstić information content (AvgIpc) is 3.27. The first kappa shape index (κ1) is 33.3. The van der Waals surface area contributed by atoms with Crippen LogP contribution >= 0.6 is 0 Å². The lowest BCUT2D eigenvalue weighted by Gasteiger charge is -2.51. The minimum Gasteiger partial charge on any atom is -0.462 e. The van der Waals surface area contributed by atoms with Crippen molar-refractivity contribution in [3.8, 4) is 0 Å². The third-order valence-electron chi connectivity index (χ3n) is 10.1. The molecule has 3 fully saturated rings. The molecule has 0 aromatic heterocycles. The Morgan fingerprint density at radius 1 is 1.11 bits per heavy atom. The van der Waals surface area contributed by atoms with Gasteiger partial charge in [-0.3, -0.25) is 4.79 Å². The van der Waals surface area contributed by atoms with Crippen LogP contribution in [0.2, 0.25) is 0 Å². The quantitative estimate of drug-likeness (QED) is 0.292. The van der Waals surface area contributed by atoms with Gasteiger partial charge in [0.2, 0.25) is 0 Å². The molecule has 0 unspecified atom stereocenters. The number of fused-ring (bicyclic) bond motifs is 2. The molecule has 244 valence electrons. The van der Waals surface area contributed by atoms with Gasteiger partial charge in [-0.05, 0) is 62.2 Å². The lowest BCUT2D eigenvalue weighted by atomic mass is 9.71. The normalized spacial score (nSPS) is 45.6. The number of aliphatic hydroxyl groups excluding tert-OH is 2. The number of carbonyl (C=O) groups excluding carboxylic acids is 1. The molecule has 44 heavy (non-hydrogen) atoms. The van der Waals surface area contributed by atoms with Crippen LogP contribution in [0.5, 0.6) is 0 Å². The van der Waals surface area contributed by atoms with Crippen LogP contribution in [0.15, 0.2) is 58.7 Å². The Kier molecular flexibility index (Phi) is 9.82. The van der Waals surface area contributed by atoms with Gasteiger partial charge in [0.25, 0.3) is 0 Å². The van der Waals surface area contributed by atoms with E-state index in [0.29, 0.717) is 29.9 Å². The highest BCUT2D eigenvalue weighted by Crippen LogP contribution is 2.47. The van der Waals surface area contributed by atoms with Gasteiger partial charge >= 0.3 is 5.97 Å². The maximum atomic E-state index is 14.0. The number of carbonyl (C=O) groups is 1. The summed E-state index contributed by atoms with van der Waals surface area (Å²) < 4.78 is 25.7. The summed E-state index contributed by atoms with van der Waals surface area (Å²) in [5.41, 5.74) is 1.64. The summed E-state index contributed by atoms with van der Waals surface area (Å²) in [4.78, 5) is 14.0. The number of allylic oxidation sites excluding steroid dienone is 5. The Bertz CT molecular complexity index is 1240. The molecular formula is C36H52O8. The molecule has 8 heteroatoms. The van der Waals surface area contributed by atoms with Gasteiger partial charge < -0.3 is 34.3 Å². The summed E-state index contributed by atoms with van der Waals surface area (Å²) in [7, 11) is 0. The Labute approximate surface area is 262 Å². The second-order valence-corrected chi connectivity index (χ2v) is 14.4. The lowest BCUT2D eigenvalue weighted by Crippen LogP contribution is -2.59. The van der Waals surface area contributed by atoms with Crippen molar-refractivity contribution in [3.05, 3.63) is 58.7 Å². The standard InChI is InChI=1S/C36H52O8/c1-20(2)13-24(6)32-25(7)30(37)18-35(44-32)17-28-16-27(43-35)12-11-22(4)14-21(3)9-8-10-26-19-41-33-31(38)23(5)15-29(34(39)42-28)36(26,33)40/h8-11,13,15,20-21,25,27-33,37-38,40H,12,14,16-19H2,1-7H3/b9-8-,22-11-,24-13+,26-10?/t21-,25-,27+,28-,29-,30-,31+,32+,33+,35-,36+/m0/s1. The van der Waals surface area contributed by atoms with Gasteiger partial charge in [0, 0.05) is 25.2 Å². The molecule has 0 radical (unpaired) electrons. The van der Waals surface area contributed by atoms with Crippen LogP contribution in [0.1, 0.15) is 80.6 Å². The van der Waals surface area contributed by atoms with Gasteiger partial charge in [-0.15, -0.1) is 0 Å². The number of esters is 1. The van der Waals surface area contributed by atoms with Crippen molar-refractivity contribution < 1.29 is 39.1 Å². The van der Waals surface area contributed by atoms with Crippen LogP contribution in [0.4, 0.5) is 0 Å². The molecule has 5 rings (SSSR count). The molecule has 3 saturated heterocycles. The van der Waals surface area contributed by atoms with E-state index in [2.05, 4.69) is 45.9 Å². The largest absolute Gasteiger partial charge is 0.462 e. The zero-order valence-electron chi connectivity index (χ0n) is 27.4. The molecule has 1 spiro atoms. The Morgan fingerprint density at radius 2 is 1.86 bits per heavy atom. The maximum absolute atomic E-state index is 14.0. The van der Waals surface area contributed by atoms with Crippen molar-refractivity contribution >= 4 is 5.97 Å². The summed E-state index contributed by atoms with van der Waals surface area (Å²) in [6.45, 7) is 14.4. The van der Waals surface area contributed by atoms with Crippen molar-refractivity contribution in [1.82, 2.24) is 0 Å². The predicted octanol–water partition coefficient (Wildman–Crippen LogP) is 5.09. The third kappa shape index (κ3) is 6.58. The van der Waals surface area contributed by atoms with E-state index in [9.17, 15) is 20.1 Å². The number of hydrogen-bond acceptors (Lipinski definition) is 8. The summed E-state index contributed by atoms with van der Waals surface area (Å²) in [6, 6.07) is 0. The molecule has 0 aromatic carbocycles. The summed E-state index contributed by atoms with van der Waals surface area (Å²) in [5, 5.41) is 34.3. The van der Waals surface area contributed by atoms with Gasteiger partial charge in [-0.2, -0.15) is 0 Å². The van der Waals surface area contributed by atoms with E-state index in [1.807, 2.05) is 26.0 Å². The molecule has 8 nitrogen and oxygen atoms in total. The number of hydrogen-bond donors (Lipinski definition) is 3. The topological polar surface area (TPSA) is 115 Å². The SMILES string of the molecule is CC1=C[C@H]2C(=O)O[C@H]3C[C@@H](C/C=C(/C)C[C@@H](C)/C=C\C=C4CO[C@H]([C@@H]1O)[C@@]42O)O[C@]1(C3)C[C@H](O)[C@H](C)[C@@H](/C(C)=C/C(C)C)O1. The lowest BCUT2D eigenvalue weighted by molar-refractivity contribution is -0.342. The fraction of sp³-hybridized carbons (Fsp3) is 0.694. The van der Waals surface area contributed by atoms with E-state index in [1.54, 1.807) is 13.0 Å². The molecule has 4 aliphatic heterocycles. The first-order valence-corrected chi connectivity index (χ1v) is 16.4. The van der Waals surface area contributed by atoms with E-state index < -0.39 is 47.7 Å². The van der Waals surface area contributed by atoms with Crippen molar-refractivity contribution in [2.24, 2.45) is 23.7 Å². The Balaban J connectivity index is 1.52. The summed E-state index contributed by atoms with van der Waals surface area (Å²) in [5.74, 6) is -2.31. The van der Waals surface area contributed by atoms with Gasteiger partial charge in [0.1, 0.15) is 29.8 Å². The molecule has 0 saturated carbocycles. The molecule has 0 aromatic rings. The first-order valence-electron chi connectivity index (χ1n) is 16.4. The zero-order valence-corrected chi connectivity index (χ0v) is 27.4. The predicted molar refractivity (Wildman–Crippen MR) is 167 cm³/mol. The van der Waals surface area contributed by atoms with E-state index in [-0.39, 0.29) is 43.5 Å². The summed E-state index contributed by atoms with van der Waals surface area (Å²) in [6.07, 6.45) is 10.4. The van der Waals surface area contributed by atoms with E-state index in [4.69, 9.17) is 18.9 Å². The molecule has 5 aliphatic rings. The van der Waals surface area contributed by atoms with Crippen molar-refractivity contribution in [3.63, 3.8) is 0 Å². The molecular weight excluding hydrogens is 560 g/mol. The van der Waals surface area contributed by atoms with Crippen LogP contribution in [0.25, 0.3) is 0 Å². The van der Waals surface area contributed by atoms with Gasteiger partial charge in [-0.1, -0.05) is 69.7 Å². The second-order valence-electron chi connectivity index (χ2n) is 14.4. The maximum Gasteiger partial charge on any atom is 0.316 e. The van der Waals surface area contributed by atoms with Gasteiger partial charge in [0.05, 0.1) is 24.9 Å². The first-order chi connectivity index (χ1) is 20.7. The van der Waals surface area contributed by atoms with Crippen LogP contribution in [0, 0.1) is 23.7 Å².